The Labute approximate surface area is 129 Å². The van der Waals surface area contributed by atoms with Crippen LogP contribution in [0.25, 0.3) is 0 Å². The quantitative estimate of drug-likeness (QED) is 0.857. The van der Waals surface area contributed by atoms with Gasteiger partial charge in [-0.05, 0) is 18.9 Å². The number of halogens is 2. The minimum atomic E-state index is 0. The van der Waals surface area contributed by atoms with Crippen LogP contribution in [-0.2, 0) is 0 Å². The molecule has 19 heavy (non-hydrogen) atoms. The first-order valence-electron chi connectivity index (χ1n) is 6.41. The van der Waals surface area contributed by atoms with Crippen LogP contribution >= 0.6 is 24.8 Å². The van der Waals surface area contributed by atoms with Gasteiger partial charge in [-0.3, -0.25) is 4.90 Å². The standard InChI is InChI=1S/C15H22N2.2ClH/c1-13(2)12-15(14-6-4-3-5-7-14)17-10-8-16-9-11-17;;/h3-7,15-16H,1,8-12H2,2H3;2*1H/t15-;;/m0../s1. The van der Waals surface area contributed by atoms with E-state index in [1.54, 1.807) is 0 Å². The van der Waals surface area contributed by atoms with Gasteiger partial charge in [-0.1, -0.05) is 35.9 Å². The van der Waals surface area contributed by atoms with Gasteiger partial charge < -0.3 is 5.32 Å². The maximum absolute atomic E-state index is 4.07. The molecular formula is C15H24Cl2N2. The molecule has 4 heteroatoms. The van der Waals surface area contributed by atoms with E-state index in [1.165, 1.54) is 11.1 Å². The third-order valence-corrected chi connectivity index (χ3v) is 3.32. The van der Waals surface area contributed by atoms with Crippen molar-refractivity contribution in [3.8, 4) is 0 Å². The molecule has 1 aromatic carbocycles. The van der Waals surface area contributed by atoms with Crippen LogP contribution in [0.5, 0.6) is 0 Å². The zero-order valence-electron chi connectivity index (χ0n) is 11.5. The Balaban J connectivity index is 0.00000162. The van der Waals surface area contributed by atoms with Gasteiger partial charge in [0, 0.05) is 32.2 Å². The average molecular weight is 303 g/mol. The molecule has 1 aliphatic heterocycles. The minimum absolute atomic E-state index is 0. The zero-order chi connectivity index (χ0) is 12.1. The summed E-state index contributed by atoms with van der Waals surface area (Å²) in [4.78, 5) is 2.57. The number of rotatable bonds is 4. The van der Waals surface area contributed by atoms with Gasteiger partial charge in [-0.2, -0.15) is 0 Å². The molecule has 108 valence electrons. The van der Waals surface area contributed by atoms with E-state index >= 15 is 0 Å². The van der Waals surface area contributed by atoms with Gasteiger partial charge >= 0.3 is 0 Å². The summed E-state index contributed by atoms with van der Waals surface area (Å²) in [6.07, 6.45) is 1.06. The van der Waals surface area contributed by atoms with E-state index in [4.69, 9.17) is 0 Å². The van der Waals surface area contributed by atoms with Crippen molar-refractivity contribution in [2.75, 3.05) is 26.2 Å². The lowest BCUT2D eigenvalue weighted by Gasteiger charge is -2.35. The number of hydrogen-bond donors (Lipinski definition) is 1. The van der Waals surface area contributed by atoms with Crippen LogP contribution in [0.3, 0.4) is 0 Å². The molecule has 1 fully saturated rings. The number of benzene rings is 1. The highest BCUT2D eigenvalue weighted by atomic mass is 35.5. The normalized spacial score (nSPS) is 16.9. The van der Waals surface area contributed by atoms with Crippen molar-refractivity contribution in [1.82, 2.24) is 10.2 Å². The van der Waals surface area contributed by atoms with E-state index < -0.39 is 0 Å². The average Bonchev–Trinajstić information content (AvgIpc) is 2.38. The predicted octanol–water partition coefficient (Wildman–Crippen LogP) is 3.44. The van der Waals surface area contributed by atoms with Gasteiger partial charge in [0.1, 0.15) is 0 Å². The summed E-state index contributed by atoms with van der Waals surface area (Å²) in [6, 6.07) is 11.3. The topological polar surface area (TPSA) is 15.3 Å². The number of hydrogen-bond acceptors (Lipinski definition) is 2. The molecular weight excluding hydrogens is 279 g/mol. The second kappa shape index (κ2) is 9.38. The van der Waals surface area contributed by atoms with Crippen LogP contribution in [0, 0.1) is 0 Å². The van der Waals surface area contributed by atoms with Crippen LogP contribution in [0.1, 0.15) is 24.9 Å². The van der Waals surface area contributed by atoms with Crippen molar-refractivity contribution >= 4 is 24.8 Å². The minimum Gasteiger partial charge on any atom is -0.314 e. The van der Waals surface area contributed by atoms with Gasteiger partial charge in [0.25, 0.3) is 0 Å². The van der Waals surface area contributed by atoms with Gasteiger partial charge in [-0.25, -0.2) is 0 Å². The molecule has 0 bridgehead atoms. The fourth-order valence-electron chi connectivity index (χ4n) is 2.46. The van der Waals surface area contributed by atoms with Crippen molar-refractivity contribution in [3.63, 3.8) is 0 Å². The molecule has 1 aromatic rings. The molecule has 1 aliphatic rings. The third-order valence-electron chi connectivity index (χ3n) is 3.32. The summed E-state index contributed by atoms with van der Waals surface area (Å²) in [5.74, 6) is 0. The van der Waals surface area contributed by atoms with Crippen molar-refractivity contribution in [2.24, 2.45) is 0 Å². The Morgan fingerprint density at radius 3 is 2.32 bits per heavy atom. The molecule has 1 atom stereocenters. The second-order valence-electron chi connectivity index (χ2n) is 4.87. The Bertz CT molecular complexity index is 362. The Morgan fingerprint density at radius 1 is 1.21 bits per heavy atom. The summed E-state index contributed by atoms with van der Waals surface area (Å²) in [6.45, 7) is 10.7. The van der Waals surface area contributed by atoms with Gasteiger partial charge in [0.2, 0.25) is 0 Å². The largest absolute Gasteiger partial charge is 0.314 e. The molecule has 0 unspecified atom stereocenters. The number of nitrogens with one attached hydrogen (secondary N) is 1. The van der Waals surface area contributed by atoms with Crippen LogP contribution in [-0.4, -0.2) is 31.1 Å². The summed E-state index contributed by atoms with van der Waals surface area (Å²) < 4.78 is 0. The highest BCUT2D eigenvalue weighted by molar-refractivity contribution is 5.85. The fourth-order valence-corrected chi connectivity index (χ4v) is 2.46. The molecule has 0 aliphatic carbocycles. The predicted molar refractivity (Wildman–Crippen MR) is 87.6 cm³/mol. The summed E-state index contributed by atoms with van der Waals surface area (Å²) in [5.41, 5.74) is 2.68. The Hall–Kier alpha value is -0.540. The number of nitrogens with zero attached hydrogens (tertiary/aromatic N) is 1. The van der Waals surface area contributed by atoms with Crippen LogP contribution in [0.2, 0.25) is 0 Å². The van der Waals surface area contributed by atoms with E-state index in [2.05, 4.69) is 54.1 Å². The van der Waals surface area contributed by atoms with E-state index in [0.29, 0.717) is 6.04 Å². The molecule has 0 saturated carbocycles. The lowest BCUT2D eigenvalue weighted by Crippen LogP contribution is -2.45. The summed E-state index contributed by atoms with van der Waals surface area (Å²) in [5, 5.41) is 3.41. The van der Waals surface area contributed by atoms with Crippen molar-refractivity contribution < 1.29 is 0 Å². The van der Waals surface area contributed by atoms with E-state index in [-0.39, 0.29) is 24.8 Å². The molecule has 0 aromatic heterocycles. The highest BCUT2D eigenvalue weighted by Crippen LogP contribution is 2.27. The SMILES string of the molecule is C=C(C)C[C@@H](c1ccccc1)N1CCNCC1.Cl.Cl. The Morgan fingerprint density at radius 2 is 1.79 bits per heavy atom. The first kappa shape index (κ1) is 18.5. The van der Waals surface area contributed by atoms with Gasteiger partial charge in [0.15, 0.2) is 0 Å². The Kier molecular flexibility index (Phi) is 9.11. The molecule has 0 amide bonds. The van der Waals surface area contributed by atoms with E-state index in [9.17, 15) is 0 Å². The van der Waals surface area contributed by atoms with Crippen LogP contribution in [0.4, 0.5) is 0 Å². The monoisotopic (exact) mass is 302 g/mol. The van der Waals surface area contributed by atoms with E-state index in [0.717, 1.165) is 32.6 Å². The van der Waals surface area contributed by atoms with Gasteiger partial charge in [-0.15, -0.1) is 31.4 Å². The van der Waals surface area contributed by atoms with Gasteiger partial charge in [0.05, 0.1) is 0 Å². The van der Waals surface area contributed by atoms with Crippen molar-refractivity contribution in [1.29, 1.82) is 0 Å². The maximum Gasteiger partial charge on any atom is 0.0386 e. The zero-order valence-corrected chi connectivity index (χ0v) is 13.1. The van der Waals surface area contributed by atoms with Crippen LogP contribution in [0.15, 0.2) is 42.5 Å². The lowest BCUT2D eigenvalue weighted by atomic mass is 9.98. The third kappa shape index (κ3) is 5.53. The molecule has 0 spiro atoms. The van der Waals surface area contributed by atoms with Crippen molar-refractivity contribution in [3.05, 3.63) is 48.0 Å². The van der Waals surface area contributed by atoms with Crippen LogP contribution < -0.4 is 5.32 Å². The smallest absolute Gasteiger partial charge is 0.0386 e. The molecule has 2 nitrogen and oxygen atoms in total. The second-order valence-corrected chi connectivity index (χ2v) is 4.87. The molecule has 1 heterocycles. The highest BCUT2D eigenvalue weighted by Gasteiger charge is 2.21. The fraction of sp³-hybridized carbons (Fsp3) is 0.467. The summed E-state index contributed by atoms with van der Waals surface area (Å²) >= 11 is 0. The first-order valence-corrected chi connectivity index (χ1v) is 6.41. The maximum atomic E-state index is 4.07. The molecule has 0 radical (unpaired) electrons. The van der Waals surface area contributed by atoms with E-state index in [1.807, 2.05) is 0 Å². The molecule has 1 N–H and O–H groups in total. The first-order chi connectivity index (χ1) is 8.27. The number of piperazine rings is 1. The molecule has 2 rings (SSSR count). The van der Waals surface area contributed by atoms with Crippen molar-refractivity contribution in [2.45, 2.75) is 19.4 Å². The lowest BCUT2D eigenvalue weighted by molar-refractivity contribution is 0.172. The summed E-state index contributed by atoms with van der Waals surface area (Å²) in [7, 11) is 0. The molecule has 1 saturated heterocycles.